The largest absolute Gasteiger partial charge is 0.493 e. The Kier molecular flexibility index (Phi) is 16.6. The van der Waals surface area contributed by atoms with Crippen molar-refractivity contribution < 1.29 is 47.7 Å². The number of benzene rings is 2. The fraction of sp³-hybridized carbons (Fsp3) is 0.532. The molecule has 0 radical (unpaired) electrons. The lowest BCUT2D eigenvalue weighted by Crippen LogP contribution is -2.52. The molecule has 0 aromatic heterocycles. The molecule has 3 atom stereocenters. The maximum atomic E-state index is 14.1. The number of nitrogens with one attached hydrogen (secondary N) is 2. The lowest BCUT2D eigenvalue weighted by molar-refractivity contribution is -0.131. The van der Waals surface area contributed by atoms with Gasteiger partial charge in [-0.2, -0.15) is 0 Å². The number of amides is 5. The zero-order chi connectivity index (χ0) is 45.9. The van der Waals surface area contributed by atoms with E-state index in [0.29, 0.717) is 99.7 Å². The smallest absolute Gasteiger partial charge is 0.256 e. The molecule has 4 heterocycles. The van der Waals surface area contributed by atoms with Crippen LogP contribution in [0.5, 0.6) is 17.2 Å². The Hall–Kier alpha value is -5.78. The molecular weight excluding hydrogens is 823 g/mol. The summed E-state index contributed by atoms with van der Waals surface area (Å²) in [5, 5.41) is 5.48. The molecule has 2 aromatic rings. The highest BCUT2D eigenvalue weighted by Gasteiger charge is 2.40. The van der Waals surface area contributed by atoms with E-state index in [1.54, 1.807) is 30.9 Å². The van der Waals surface area contributed by atoms with Crippen LogP contribution in [-0.4, -0.2) is 143 Å². The first-order chi connectivity index (χ1) is 30.8. The second-order valence-electron chi connectivity index (χ2n) is 17.0. The normalized spacial score (nSPS) is 18.2. The molecule has 5 amide bonds. The summed E-state index contributed by atoms with van der Waals surface area (Å²) in [6.07, 6.45) is 5.34. The van der Waals surface area contributed by atoms with Crippen LogP contribution < -0.4 is 35.5 Å². The average molecular weight is 886 g/mol. The number of aliphatic imine (C=N–C) groups is 1. The summed E-state index contributed by atoms with van der Waals surface area (Å²) >= 11 is 0. The Balaban J connectivity index is 1.04. The number of rotatable bonds is 22. The van der Waals surface area contributed by atoms with Crippen LogP contribution in [0.3, 0.4) is 0 Å². The number of aryl methyl sites for hydroxylation is 1. The summed E-state index contributed by atoms with van der Waals surface area (Å²) in [6, 6.07) is 5.66. The molecule has 6 rings (SSSR count). The minimum atomic E-state index is -0.894. The molecule has 64 heavy (non-hydrogen) atoms. The van der Waals surface area contributed by atoms with E-state index in [9.17, 15) is 24.0 Å². The van der Waals surface area contributed by atoms with Crippen LogP contribution in [0.2, 0.25) is 0 Å². The Labute approximate surface area is 375 Å². The number of nitrogens with zero attached hydrogens (tertiary/aromatic N) is 4. The van der Waals surface area contributed by atoms with E-state index < -0.39 is 17.9 Å². The van der Waals surface area contributed by atoms with Crippen LogP contribution in [0.1, 0.15) is 78.7 Å². The molecule has 4 N–H and O–H groups in total. The topological polar surface area (TPSA) is 204 Å². The molecule has 2 aromatic carbocycles. The first kappa shape index (κ1) is 47.7. The Morgan fingerprint density at radius 3 is 2.25 bits per heavy atom. The van der Waals surface area contributed by atoms with Gasteiger partial charge >= 0.3 is 0 Å². The Bertz CT molecular complexity index is 2120. The first-order valence-corrected chi connectivity index (χ1v) is 22.1. The number of fused-ring (bicyclic) bond motifs is 4. The van der Waals surface area contributed by atoms with Crippen LogP contribution in [0, 0.1) is 12.8 Å². The summed E-state index contributed by atoms with van der Waals surface area (Å²) < 4.78 is 28.8. The van der Waals surface area contributed by atoms with Crippen molar-refractivity contribution in [3.63, 3.8) is 0 Å². The molecule has 0 aliphatic carbocycles. The van der Waals surface area contributed by atoms with Crippen LogP contribution >= 0.6 is 0 Å². The molecule has 2 saturated heterocycles. The first-order valence-electron chi connectivity index (χ1n) is 22.1. The SMILES string of the molecule is C=C1C[C@H]2CN(C(=O)CNC(=O)[C@@H](NC(=O)CCOCCOCCN)C(C)C)c3cc(OCCCCCOc4cc5c(cc4C)C(=O)N4CC(=C)C[C@H]4C=N5)c(OC)cc3C(=O)N2C1. The molecular formula is C47H63N7O10. The molecule has 0 bridgehead atoms. The third-order valence-corrected chi connectivity index (χ3v) is 11.7. The minimum Gasteiger partial charge on any atom is -0.493 e. The third kappa shape index (κ3) is 11.7. The van der Waals surface area contributed by atoms with Gasteiger partial charge in [-0.1, -0.05) is 38.2 Å². The highest BCUT2D eigenvalue weighted by atomic mass is 16.5. The summed E-state index contributed by atoms with van der Waals surface area (Å²) in [7, 11) is 1.49. The zero-order valence-electron chi connectivity index (χ0n) is 37.6. The predicted molar refractivity (Wildman–Crippen MR) is 242 cm³/mol. The number of carbonyl (C=O) groups is 5. The van der Waals surface area contributed by atoms with Crippen molar-refractivity contribution in [1.82, 2.24) is 20.4 Å². The van der Waals surface area contributed by atoms with E-state index in [4.69, 9.17) is 29.4 Å². The van der Waals surface area contributed by atoms with Gasteiger partial charge in [-0.15, -0.1) is 0 Å². The second-order valence-corrected chi connectivity index (χ2v) is 17.0. The van der Waals surface area contributed by atoms with E-state index >= 15 is 0 Å². The van der Waals surface area contributed by atoms with Crippen LogP contribution in [0.25, 0.3) is 0 Å². The lowest BCUT2D eigenvalue weighted by atomic mass is 10.0. The maximum absolute atomic E-state index is 14.1. The average Bonchev–Trinajstić information content (AvgIpc) is 3.78. The predicted octanol–water partition coefficient (Wildman–Crippen LogP) is 3.87. The molecule has 346 valence electrons. The van der Waals surface area contributed by atoms with Crippen LogP contribution in [0.15, 0.2) is 53.6 Å². The third-order valence-electron chi connectivity index (χ3n) is 11.7. The monoisotopic (exact) mass is 885 g/mol. The van der Waals surface area contributed by atoms with Gasteiger partial charge in [-0.25, -0.2) is 0 Å². The fourth-order valence-corrected chi connectivity index (χ4v) is 8.28. The van der Waals surface area contributed by atoms with Gasteiger partial charge in [-0.3, -0.25) is 29.0 Å². The molecule has 4 aliphatic rings. The lowest BCUT2D eigenvalue weighted by Gasteiger charge is -2.27. The van der Waals surface area contributed by atoms with Crippen molar-refractivity contribution in [1.29, 1.82) is 0 Å². The Morgan fingerprint density at radius 2 is 1.53 bits per heavy atom. The van der Waals surface area contributed by atoms with Gasteiger partial charge in [-0.05, 0) is 62.6 Å². The highest BCUT2D eigenvalue weighted by molar-refractivity contribution is 6.08. The highest BCUT2D eigenvalue weighted by Crippen LogP contribution is 2.40. The van der Waals surface area contributed by atoms with Gasteiger partial charge in [0.05, 0.1) is 87.9 Å². The van der Waals surface area contributed by atoms with Gasteiger partial charge in [0.25, 0.3) is 11.8 Å². The summed E-state index contributed by atoms with van der Waals surface area (Å²) in [4.78, 5) is 77.2. The van der Waals surface area contributed by atoms with Crippen molar-refractivity contribution in [3.05, 3.63) is 65.3 Å². The maximum Gasteiger partial charge on any atom is 0.256 e. The van der Waals surface area contributed by atoms with Gasteiger partial charge in [0.2, 0.25) is 17.7 Å². The van der Waals surface area contributed by atoms with E-state index in [1.807, 2.05) is 30.2 Å². The van der Waals surface area contributed by atoms with Crippen LogP contribution in [-0.2, 0) is 23.9 Å². The van der Waals surface area contributed by atoms with Crippen molar-refractivity contribution in [2.24, 2.45) is 16.6 Å². The number of methoxy groups -OCH3 is 1. The van der Waals surface area contributed by atoms with Crippen molar-refractivity contribution in [3.8, 4) is 17.2 Å². The Morgan fingerprint density at radius 1 is 0.844 bits per heavy atom. The number of hydrogen-bond donors (Lipinski definition) is 3. The van der Waals surface area contributed by atoms with E-state index in [1.165, 1.54) is 12.0 Å². The van der Waals surface area contributed by atoms with Crippen LogP contribution in [0.4, 0.5) is 11.4 Å². The quantitative estimate of drug-likeness (QED) is 0.114. The molecule has 4 aliphatic heterocycles. The van der Waals surface area contributed by atoms with Gasteiger partial charge in [0, 0.05) is 50.9 Å². The van der Waals surface area contributed by atoms with E-state index in [2.05, 4.69) is 28.8 Å². The summed E-state index contributed by atoms with van der Waals surface area (Å²) in [6.45, 7) is 16.9. The minimum absolute atomic E-state index is 0.0442. The van der Waals surface area contributed by atoms with E-state index in [-0.39, 0.29) is 67.4 Å². The van der Waals surface area contributed by atoms with Gasteiger partial charge < -0.3 is 54.8 Å². The number of anilines is 1. The molecule has 17 heteroatoms. The molecule has 0 unspecified atom stereocenters. The molecule has 17 nitrogen and oxygen atoms in total. The standard InChI is InChI=1S/C47H63N7O10/c1-29(2)44(51-42(55)10-14-61-16-17-62-15-11-48)45(57)50-25-43(56)54-28-34-19-31(4)27-53(34)47(59)36-21-40(60-6)41(23-38(36)54)64-13-9-7-8-12-63-39-22-37-35(20-32(39)5)46(58)52-26-30(3)18-33(52)24-49-37/h20-24,29,33-34,44H,3-4,7-19,25-28,48H2,1-2,5-6H3,(H,50,57)(H,51,55)/t33-,34-,44-/m0/s1. The molecule has 0 spiro atoms. The van der Waals surface area contributed by atoms with Gasteiger partial charge in [0.1, 0.15) is 11.8 Å². The zero-order valence-corrected chi connectivity index (χ0v) is 37.6. The van der Waals surface area contributed by atoms with Crippen molar-refractivity contribution >= 4 is 47.1 Å². The number of unbranched alkanes of at least 4 members (excludes halogenated alkanes) is 2. The second kappa shape index (κ2) is 22.2. The number of nitrogens with two attached hydrogens (primary N) is 1. The summed E-state index contributed by atoms with van der Waals surface area (Å²) in [5.74, 6) is -0.485. The molecule has 0 saturated carbocycles. The fourth-order valence-electron chi connectivity index (χ4n) is 8.28. The number of hydrogen-bond acceptors (Lipinski definition) is 12. The van der Waals surface area contributed by atoms with Gasteiger partial charge in [0.15, 0.2) is 11.5 Å². The van der Waals surface area contributed by atoms with Crippen molar-refractivity contribution in [2.45, 2.75) is 77.4 Å². The molecule has 2 fully saturated rings. The van der Waals surface area contributed by atoms with Crippen molar-refractivity contribution in [2.75, 3.05) is 84.4 Å². The number of ether oxygens (including phenoxy) is 5. The number of carbonyl (C=O) groups excluding carboxylic acids is 5. The van der Waals surface area contributed by atoms with E-state index in [0.717, 1.165) is 36.0 Å². The summed E-state index contributed by atoms with van der Waals surface area (Å²) in [5.41, 5.74) is 9.96.